The van der Waals surface area contributed by atoms with Gasteiger partial charge >= 0.3 is 0 Å². The Labute approximate surface area is 156 Å². The molecule has 26 heavy (non-hydrogen) atoms. The predicted molar refractivity (Wildman–Crippen MR) is 105 cm³/mol. The Morgan fingerprint density at radius 2 is 1.73 bits per heavy atom. The van der Waals surface area contributed by atoms with Gasteiger partial charge in [0, 0.05) is 31.9 Å². The third-order valence-electron chi connectivity index (χ3n) is 3.48. The van der Waals surface area contributed by atoms with Crippen LogP contribution in [0.25, 0.3) is 0 Å². The number of aryl methyl sites for hydroxylation is 1. The molecule has 3 N–H and O–H groups in total. The van der Waals surface area contributed by atoms with Crippen LogP contribution in [0.1, 0.15) is 25.0 Å². The molecule has 10 heteroatoms. The number of aliphatic imine (C=N–C) groups is 1. The third-order valence-corrected chi connectivity index (χ3v) is 5.66. The maximum Gasteiger partial charge on any atom is 0.209 e. The minimum atomic E-state index is -3.31. The van der Waals surface area contributed by atoms with Gasteiger partial charge in [0.1, 0.15) is 0 Å². The van der Waals surface area contributed by atoms with E-state index in [-0.39, 0.29) is 0 Å². The summed E-state index contributed by atoms with van der Waals surface area (Å²) < 4.78 is 48.6. The highest BCUT2D eigenvalue weighted by molar-refractivity contribution is 7.90. The number of hydrogen-bond acceptors (Lipinski definition) is 5. The monoisotopic (exact) mass is 404 g/mol. The first-order valence-corrected chi connectivity index (χ1v) is 11.7. The first-order valence-electron chi connectivity index (χ1n) is 7.96. The van der Waals surface area contributed by atoms with Crippen LogP contribution in [0.2, 0.25) is 0 Å². The van der Waals surface area contributed by atoms with E-state index in [0.29, 0.717) is 29.5 Å². The molecule has 0 atom stereocenters. The van der Waals surface area contributed by atoms with Gasteiger partial charge in [-0.2, -0.15) is 0 Å². The van der Waals surface area contributed by atoms with Crippen molar-refractivity contribution in [1.29, 1.82) is 0 Å². The molecule has 1 aromatic carbocycles. The Morgan fingerprint density at radius 3 is 2.19 bits per heavy atom. The van der Waals surface area contributed by atoms with Crippen LogP contribution in [0.4, 0.5) is 0 Å². The fraction of sp³-hybridized carbons (Fsp3) is 0.562. The molecule has 0 aliphatic rings. The van der Waals surface area contributed by atoms with Gasteiger partial charge in [-0.15, -0.1) is 0 Å². The van der Waals surface area contributed by atoms with E-state index in [2.05, 4.69) is 20.3 Å². The van der Waals surface area contributed by atoms with Crippen LogP contribution in [0.3, 0.4) is 0 Å². The van der Waals surface area contributed by atoms with E-state index in [1.807, 2.05) is 6.07 Å². The molecular formula is C16H28N4O4S2. The minimum Gasteiger partial charge on any atom is -0.355 e. The number of guanidine groups is 1. The first kappa shape index (κ1) is 22.4. The molecule has 0 amide bonds. The standard InChI is InChI=1S/C16H28N4O4S2/c1-12-9-13(7-8-14(12)25(5,21)22)10-18-15(17-4)19-11-16(2,3)20-26(6,23)24/h7-9,20H,10-11H2,1-6H3,(H2,17,18,19). The lowest BCUT2D eigenvalue weighted by Crippen LogP contribution is -2.52. The molecule has 1 rings (SSSR count). The summed E-state index contributed by atoms with van der Waals surface area (Å²) in [6, 6.07) is 5.15. The highest BCUT2D eigenvalue weighted by atomic mass is 32.2. The van der Waals surface area contributed by atoms with E-state index >= 15 is 0 Å². The van der Waals surface area contributed by atoms with Crippen molar-refractivity contribution < 1.29 is 16.8 Å². The molecule has 1 aromatic rings. The number of nitrogens with one attached hydrogen (secondary N) is 3. The van der Waals surface area contributed by atoms with E-state index in [9.17, 15) is 16.8 Å². The van der Waals surface area contributed by atoms with Crippen molar-refractivity contribution in [3.05, 3.63) is 29.3 Å². The van der Waals surface area contributed by atoms with Crippen molar-refractivity contribution in [2.24, 2.45) is 4.99 Å². The molecule has 0 fully saturated rings. The molecule has 0 unspecified atom stereocenters. The molecule has 148 valence electrons. The van der Waals surface area contributed by atoms with Gasteiger partial charge < -0.3 is 10.6 Å². The summed E-state index contributed by atoms with van der Waals surface area (Å²) in [4.78, 5) is 4.42. The lowest BCUT2D eigenvalue weighted by Gasteiger charge is -2.26. The van der Waals surface area contributed by atoms with E-state index in [1.54, 1.807) is 40.0 Å². The SMILES string of the molecule is CN=C(NCc1ccc(S(C)(=O)=O)c(C)c1)NCC(C)(C)NS(C)(=O)=O. The predicted octanol–water partition coefficient (Wildman–Crippen LogP) is 0.391. The topological polar surface area (TPSA) is 117 Å². The van der Waals surface area contributed by atoms with Crippen LogP contribution in [-0.2, 0) is 26.4 Å². The van der Waals surface area contributed by atoms with E-state index in [0.717, 1.165) is 11.8 Å². The zero-order valence-corrected chi connectivity index (χ0v) is 17.7. The number of rotatable bonds is 7. The molecule has 0 heterocycles. The summed E-state index contributed by atoms with van der Waals surface area (Å²) in [6.07, 6.45) is 2.30. The molecule has 0 aromatic heterocycles. The van der Waals surface area contributed by atoms with Crippen molar-refractivity contribution >= 4 is 25.8 Å². The van der Waals surface area contributed by atoms with Gasteiger partial charge in [0.15, 0.2) is 15.8 Å². The molecule has 0 saturated carbocycles. The summed E-state index contributed by atoms with van der Waals surface area (Å²) in [6.45, 7) is 6.08. The largest absolute Gasteiger partial charge is 0.355 e. The number of nitrogens with zero attached hydrogens (tertiary/aromatic N) is 1. The third kappa shape index (κ3) is 7.71. The van der Waals surface area contributed by atoms with Gasteiger partial charge in [-0.3, -0.25) is 4.99 Å². The Bertz CT molecular complexity index is 876. The van der Waals surface area contributed by atoms with Crippen LogP contribution >= 0.6 is 0 Å². The molecule has 8 nitrogen and oxygen atoms in total. The van der Waals surface area contributed by atoms with Gasteiger partial charge in [-0.1, -0.05) is 12.1 Å². The average molecular weight is 405 g/mol. The summed E-state index contributed by atoms with van der Waals surface area (Å²) in [5.74, 6) is 0.512. The van der Waals surface area contributed by atoms with Crippen molar-refractivity contribution in [3.8, 4) is 0 Å². The van der Waals surface area contributed by atoms with Gasteiger partial charge in [0.2, 0.25) is 10.0 Å². The second kappa shape index (κ2) is 8.36. The van der Waals surface area contributed by atoms with Crippen LogP contribution in [0.5, 0.6) is 0 Å². The highest BCUT2D eigenvalue weighted by Crippen LogP contribution is 2.16. The zero-order valence-electron chi connectivity index (χ0n) is 16.0. The summed E-state index contributed by atoms with van der Waals surface area (Å²) in [5, 5.41) is 6.19. The molecule has 0 aliphatic carbocycles. The normalized spacial score (nSPS) is 13.5. The number of hydrogen-bond donors (Lipinski definition) is 3. The lowest BCUT2D eigenvalue weighted by atomic mass is 10.1. The second-order valence-corrected chi connectivity index (χ2v) is 10.6. The van der Waals surface area contributed by atoms with Crippen molar-refractivity contribution in [3.63, 3.8) is 0 Å². The van der Waals surface area contributed by atoms with E-state index < -0.39 is 25.4 Å². The molecule has 0 radical (unpaired) electrons. The lowest BCUT2D eigenvalue weighted by molar-refractivity contribution is 0.446. The van der Waals surface area contributed by atoms with Gasteiger partial charge in [0.25, 0.3) is 0 Å². The van der Waals surface area contributed by atoms with Crippen molar-refractivity contribution in [2.45, 2.75) is 37.8 Å². The molecular weight excluding hydrogens is 376 g/mol. The molecule has 0 spiro atoms. The van der Waals surface area contributed by atoms with Gasteiger partial charge in [-0.25, -0.2) is 21.6 Å². The highest BCUT2D eigenvalue weighted by Gasteiger charge is 2.22. The summed E-state index contributed by atoms with van der Waals surface area (Å²) in [7, 11) is -4.94. The molecule has 0 aliphatic heterocycles. The first-order chi connectivity index (χ1) is 11.7. The maximum absolute atomic E-state index is 11.7. The average Bonchev–Trinajstić information content (AvgIpc) is 2.43. The van der Waals surface area contributed by atoms with Crippen LogP contribution in [0, 0.1) is 6.92 Å². The quantitative estimate of drug-likeness (QED) is 0.447. The smallest absolute Gasteiger partial charge is 0.209 e. The van der Waals surface area contributed by atoms with Crippen LogP contribution in [-0.4, -0.2) is 54.4 Å². The van der Waals surface area contributed by atoms with Crippen molar-refractivity contribution in [2.75, 3.05) is 26.1 Å². The minimum absolute atomic E-state index is 0.317. The summed E-state index contributed by atoms with van der Waals surface area (Å²) >= 11 is 0. The van der Waals surface area contributed by atoms with Gasteiger partial charge in [-0.05, 0) is 38.0 Å². The fourth-order valence-electron chi connectivity index (χ4n) is 2.49. The number of sulfonamides is 1. The Kier molecular flexibility index (Phi) is 7.20. The molecule has 0 saturated heterocycles. The molecule has 0 bridgehead atoms. The zero-order chi connectivity index (χ0) is 20.2. The number of sulfone groups is 1. The number of benzene rings is 1. The van der Waals surface area contributed by atoms with E-state index in [1.165, 1.54) is 6.26 Å². The second-order valence-electron chi connectivity index (χ2n) is 6.91. The fourth-order valence-corrected chi connectivity index (χ4v) is 4.52. The Morgan fingerprint density at radius 1 is 1.12 bits per heavy atom. The van der Waals surface area contributed by atoms with Crippen molar-refractivity contribution in [1.82, 2.24) is 15.4 Å². The summed E-state index contributed by atoms with van der Waals surface area (Å²) in [5.41, 5.74) is 0.915. The maximum atomic E-state index is 11.7. The van der Waals surface area contributed by atoms with Crippen LogP contribution in [0.15, 0.2) is 28.1 Å². The Hall–Kier alpha value is -1.65. The van der Waals surface area contributed by atoms with E-state index in [4.69, 9.17) is 0 Å². The Balaban J connectivity index is 2.69. The van der Waals surface area contributed by atoms with Crippen LogP contribution < -0.4 is 15.4 Å². The van der Waals surface area contributed by atoms with Gasteiger partial charge in [0.05, 0.1) is 11.2 Å².